The third-order valence-electron chi connectivity index (χ3n) is 1.68. The van der Waals surface area contributed by atoms with Gasteiger partial charge in [-0.05, 0) is 25.7 Å². The Morgan fingerprint density at radius 2 is 1.81 bits per heavy atom. The molecular weight excluding hydrogens is 218 g/mol. The molecule has 0 radical (unpaired) electrons. The lowest BCUT2D eigenvalue weighted by Gasteiger charge is -2.03. The van der Waals surface area contributed by atoms with Crippen molar-refractivity contribution in [2.75, 3.05) is 5.75 Å². The Balaban J connectivity index is 0. The minimum atomic E-state index is 0.0213. The molecule has 0 bridgehead atoms. The largest absolute Gasteiger partial charge is 0.325 e. The Morgan fingerprint density at radius 3 is 2.25 bits per heavy atom. The third-order valence-corrected chi connectivity index (χ3v) is 2.70. The van der Waals surface area contributed by atoms with Gasteiger partial charge in [0.05, 0.1) is 0 Å². The zero-order valence-corrected chi connectivity index (χ0v) is 11.6. The fourth-order valence-electron chi connectivity index (χ4n) is 1.01. The van der Waals surface area contributed by atoms with Gasteiger partial charge < -0.3 is 4.98 Å². The van der Waals surface area contributed by atoms with E-state index in [9.17, 15) is 4.79 Å². The molecule has 0 fully saturated rings. The number of nitrogens with one attached hydrogen (secondary N) is 1. The highest BCUT2D eigenvalue weighted by atomic mass is 32.2. The van der Waals surface area contributed by atoms with Crippen LogP contribution in [0, 0.1) is 26.7 Å². The van der Waals surface area contributed by atoms with E-state index in [1.165, 1.54) is 4.90 Å². The Bertz CT molecular complexity index is 366. The summed E-state index contributed by atoms with van der Waals surface area (Å²) in [5, 5.41) is 0. The molecule has 0 saturated heterocycles. The number of H-pyrrole nitrogens is 1. The highest BCUT2D eigenvalue weighted by molar-refractivity contribution is 7.99. The predicted octanol–water partition coefficient (Wildman–Crippen LogP) is 3.38. The summed E-state index contributed by atoms with van der Waals surface area (Å²) in [6.45, 7) is 9.86. The molecule has 0 aliphatic rings. The second-order valence-corrected chi connectivity index (χ2v) is 4.01. The van der Waals surface area contributed by atoms with Gasteiger partial charge in [0, 0.05) is 16.2 Å². The van der Waals surface area contributed by atoms with Gasteiger partial charge >= 0.3 is 0 Å². The summed E-state index contributed by atoms with van der Waals surface area (Å²) in [5.41, 5.74) is 1.78. The van der Waals surface area contributed by atoms with E-state index in [0.29, 0.717) is 0 Å². The van der Waals surface area contributed by atoms with Crippen LogP contribution in [0.1, 0.15) is 32.0 Å². The molecule has 0 atom stereocenters. The minimum Gasteiger partial charge on any atom is -0.325 e. The van der Waals surface area contributed by atoms with Crippen LogP contribution in [0.3, 0.4) is 0 Å². The number of aryl methyl sites for hydroxylation is 2. The predicted molar refractivity (Wildman–Crippen MR) is 74.2 cm³/mol. The molecule has 0 spiro atoms. The summed E-state index contributed by atoms with van der Waals surface area (Å²) >= 11 is 1.75. The summed E-state index contributed by atoms with van der Waals surface area (Å²) in [7, 11) is 0. The molecule has 90 valence electrons. The van der Waals surface area contributed by atoms with Gasteiger partial charge in [-0.3, -0.25) is 4.79 Å². The lowest BCUT2D eigenvalue weighted by molar-refractivity contribution is 1.04. The molecule has 0 aliphatic heterocycles. The zero-order valence-electron chi connectivity index (χ0n) is 10.8. The number of hydrogen-bond donors (Lipinski definition) is 1. The van der Waals surface area contributed by atoms with Gasteiger partial charge in [-0.2, -0.15) is 0 Å². The maximum atomic E-state index is 11.1. The van der Waals surface area contributed by atoms with Gasteiger partial charge in [-0.25, -0.2) is 0 Å². The molecule has 0 unspecified atom stereocenters. The standard InChI is InChI=1S/C9H13NOS.C2H6.C2H2/c1-4-12-8-5-6(2)9(11)10-7(8)3;2*1-2/h5H,4H2,1-3H3,(H,10,11);1-2H3;1-2H. The van der Waals surface area contributed by atoms with Crippen LogP contribution in [0.2, 0.25) is 0 Å². The van der Waals surface area contributed by atoms with Crippen LogP contribution in [0.15, 0.2) is 15.8 Å². The number of aromatic nitrogens is 1. The van der Waals surface area contributed by atoms with E-state index in [2.05, 4.69) is 24.8 Å². The first-order chi connectivity index (χ1) is 7.65. The van der Waals surface area contributed by atoms with Crippen molar-refractivity contribution in [3.05, 3.63) is 27.7 Å². The van der Waals surface area contributed by atoms with Crippen LogP contribution in [0.4, 0.5) is 0 Å². The maximum Gasteiger partial charge on any atom is 0.251 e. The first kappa shape index (κ1) is 17.3. The Hall–Kier alpha value is -1.14. The molecule has 2 nitrogen and oxygen atoms in total. The summed E-state index contributed by atoms with van der Waals surface area (Å²) < 4.78 is 0. The Morgan fingerprint density at radius 1 is 1.31 bits per heavy atom. The highest BCUT2D eigenvalue weighted by Crippen LogP contribution is 2.19. The first-order valence-corrected chi connectivity index (χ1v) is 6.30. The number of terminal acetylenes is 1. The van der Waals surface area contributed by atoms with Gasteiger partial charge in [0.2, 0.25) is 0 Å². The SMILES string of the molecule is C#C.CC.CCSc1cc(C)c(=O)[nH]c1C. The van der Waals surface area contributed by atoms with Crippen LogP contribution < -0.4 is 5.56 Å². The fraction of sp³-hybridized carbons (Fsp3) is 0.462. The number of rotatable bonds is 2. The quantitative estimate of drug-likeness (QED) is 0.634. The highest BCUT2D eigenvalue weighted by Gasteiger charge is 2.00. The second-order valence-electron chi connectivity index (χ2n) is 2.70. The topological polar surface area (TPSA) is 32.9 Å². The van der Waals surface area contributed by atoms with E-state index < -0.39 is 0 Å². The first-order valence-electron chi connectivity index (χ1n) is 5.31. The van der Waals surface area contributed by atoms with Crippen molar-refractivity contribution < 1.29 is 0 Å². The Labute approximate surface area is 103 Å². The molecule has 1 heterocycles. The van der Waals surface area contributed by atoms with Crippen molar-refractivity contribution in [1.82, 2.24) is 4.98 Å². The molecule has 1 rings (SSSR count). The third kappa shape index (κ3) is 5.67. The van der Waals surface area contributed by atoms with E-state index in [4.69, 9.17) is 0 Å². The zero-order chi connectivity index (χ0) is 13.1. The number of aromatic amines is 1. The smallest absolute Gasteiger partial charge is 0.251 e. The summed E-state index contributed by atoms with van der Waals surface area (Å²) in [6.07, 6.45) is 8.00. The number of thioether (sulfide) groups is 1. The molecule has 0 amide bonds. The van der Waals surface area contributed by atoms with Gasteiger partial charge in [-0.1, -0.05) is 20.8 Å². The van der Waals surface area contributed by atoms with Crippen molar-refractivity contribution in [3.63, 3.8) is 0 Å². The van der Waals surface area contributed by atoms with Crippen LogP contribution in [-0.2, 0) is 0 Å². The normalized spacial score (nSPS) is 8.19. The van der Waals surface area contributed by atoms with E-state index in [1.807, 2.05) is 33.8 Å². The van der Waals surface area contributed by atoms with E-state index >= 15 is 0 Å². The van der Waals surface area contributed by atoms with Crippen molar-refractivity contribution in [2.45, 2.75) is 39.5 Å². The minimum absolute atomic E-state index is 0.0213. The Kier molecular flexibility index (Phi) is 11.2. The molecule has 0 aliphatic carbocycles. The average molecular weight is 239 g/mol. The summed E-state index contributed by atoms with van der Waals surface area (Å²) in [4.78, 5) is 15.1. The van der Waals surface area contributed by atoms with Gasteiger partial charge in [-0.15, -0.1) is 24.6 Å². The van der Waals surface area contributed by atoms with Crippen LogP contribution in [-0.4, -0.2) is 10.7 Å². The summed E-state index contributed by atoms with van der Waals surface area (Å²) in [6, 6.07) is 1.95. The van der Waals surface area contributed by atoms with Gasteiger partial charge in [0.25, 0.3) is 5.56 Å². The lowest BCUT2D eigenvalue weighted by Crippen LogP contribution is -2.10. The lowest BCUT2D eigenvalue weighted by atomic mass is 10.3. The molecule has 16 heavy (non-hydrogen) atoms. The molecular formula is C13H21NOS. The van der Waals surface area contributed by atoms with Crippen LogP contribution >= 0.6 is 11.8 Å². The maximum absolute atomic E-state index is 11.1. The van der Waals surface area contributed by atoms with Crippen molar-refractivity contribution >= 4 is 11.8 Å². The molecule has 3 heteroatoms. The second kappa shape index (κ2) is 10.4. The molecule has 1 aromatic heterocycles. The van der Waals surface area contributed by atoms with E-state index in [0.717, 1.165) is 17.0 Å². The van der Waals surface area contributed by atoms with Gasteiger partial charge in [0.1, 0.15) is 0 Å². The van der Waals surface area contributed by atoms with Crippen LogP contribution in [0.5, 0.6) is 0 Å². The average Bonchev–Trinajstić information content (AvgIpc) is 2.31. The summed E-state index contributed by atoms with van der Waals surface area (Å²) in [5.74, 6) is 1.03. The molecule has 0 aromatic carbocycles. The fourth-order valence-corrected chi connectivity index (χ4v) is 1.84. The monoisotopic (exact) mass is 239 g/mol. The van der Waals surface area contributed by atoms with Crippen molar-refractivity contribution in [1.29, 1.82) is 0 Å². The molecule has 1 aromatic rings. The molecule has 0 saturated carbocycles. The van der Waals surface area contributed by atoms with Gasteiger partial charge in [0.15, 0.2) is 0 Å². The molecule has 1 N–H and O–H groups in total. The van der Waals surface area contributed by atoms with E-state index in [-0.39, 0.29) is 5.56 Å². The van der Waals surface area contributed by atoms with Crippen molar-refractivity contribution in [3.8, 4) is 12.8 Å². The van der Waals surface area contributed by atoms with Crippen molar-refractivity contribution in [2.24, 2.45) is 0 Å². The number of pyridine rings is 1. The van der Waals surface area contributed by atoms with Crippen LogP contribution in [0.25, 0.3) is 0 Å². The van der Waals surface area contributed by atoms with E-state index in [1.54, 1.807) is 11.8 Å². The number of hydrogen-bond acceptors (Lipinski definition) is 2.